The van der Waals surface area contributed by atoms with Crippen LogP contribution in [0, 0.1) is 0 Å². The fraction of sp³-hybridized carbons (Fsp3) is 0.333. The van der Waals surface area contributed by atoms with Crippen LogP contribution in [-0.2, 0) is 4.79 Å². The average Bonchev–Trinajstić information content (AvgIpc) is 2.38. The topological polar surface area (TPSA) is 95.9 Å². The van der Waals surface area contributed by atoms with Gasteiger partial charge in [0.05, 0.1) is 13.7 Å². The zero-order chi connectivity index (χ0) is 13.8. The van der Waals surface area contributed by atoms with E-state index in [2.05, 4.69) is 5.32 Å². The van der Waals surface area contributed by atoms with E-state index in [4.69, 9.17) is 14.9 Å². The van der Waals surface area contributed by atoms with Crippen LogP contribution in [0.15, 0.2) is 24.3 Å². The molecule has 1 aromatic carbocycles. The molecular formula is C12H15NO5. The number of hydrogen-bond acceptors (Lipinski definition) is 4. The number of carboxylic acids is 1. The zero-order valence-corrected chi connectivity index (χ0v) is 10.1. The Hall–Kier alpha value is -2.08. The highest BCUT2D eigenvalue weighted by molar-refractivity contribution is 5.97. The quantitative estimate of drug-likeness (QED) is 0.699. The largest absolute Gasteiger partial charge is 0.497 e. The molecule has 18 heavy (non-hydrogen) atoms. The van der Waals surface area contributed by atoms with Crippen molar-refractivity contribution in [3.63, 3.8) is 0 Å². The summed E-state index contributed by atoms with van der Waals surface area (Å²) in [7, 11) is 1.50. The van der Waals surface area contributed by atoms with E-state index in [9.17, 15) is 9.59 Å². The first-order chi connectivity index (χ1) is 8.42. The van der Waals surface area contributed by atoms with E-state index in [0.717, 1.165) is 0 Å². The summed E-state index contributed by atoms with van der Waals surface area (Å²) in [6.07, 6.45) is 0. The van der Waals surface area contributed by atoms with Gasteiger partial charge in [0.15, 0.2) is 5.54 Å². The van der Waals surface area contributed by atoms with Crippen molar-refractivity contribution in [1.29, 1.82) is 0 Å². The van der Waals surface area contributed by atoms with Crippen molar-refractivity contribution in [1.82, 2.24) is 5.32 Å². The first kappa shape index (κ1) is 14.0. The third kappa shape index (κ3) is 2.98. The van der Waals surface area contributed by atoms with Crippen molar-refractivity contribution in [3.05, 3.63) is 29.8 Å². The van der Waals surface area contributed by atoms with Gasteiger partial charge in [-0.15, -0.1) is 0 Å². The van der Waals surface area contributed by atoms with Gasteiger partial charge in [0, 0.05) is 5.56 Å². The molecule has 98 valence electrons. The summed E-state index contributed by atoms with van der Waals surface area (Å²) in [5.74, 6) is -1.28. The molecule has 6 heteroatoms. The molecule has 0 aliphatic heterocycles. The number of rotatable bonds is 5. The molecule has 0 spiro atoms. The molecule has 0 radical (unpaired) electrons. The summed E-state index contributed by atoms with van der Waals surface area (Å²) in [5.41, 5.74) is -1.41. The number of hydrogen-bond donors (Lipinski definition) is 3. The van der Waals surface area contributed by atoms with Crippen LogP contribution in [0.25, 0.3) is 0 Å². The number of benzene rings is 1. The zero-order valence-electron chi connectivity index (χ0n) is 10.1. The second-order valence-electron chi connectivity index (χ2n) is 3.98. The highest BCUT2D eigenvalue weighted by Gasteiger charge is 2.34. The van der Waals surface area contributed by atoms with Crippen LogP contribution in [0.4, 0.5) is 0 Å². The van der Waals surface area contributed by atoms with Crippen molar-refractivity contribution >= 4 is 11.9 Å². The lowest BCUT2D eigenvalue weighted by Crippen LogP contribution is -2.54. The van der Waals surface area contributed by atoms with Crippen LogP contribution in [0.3, 0.4) is 0 Å². The Balaban J connectivity index is 2.84. The van der Waals surface area contributed by atoms with Crippen molar-refractivity contribution in [2.45, 2.75) is 12.5 Å². The molecule has 0 fully saturated rings. The Morgan fingerprint density at radius 3 is 2.28 bits per heavy atom. The second-order valence-corrected chi connectivity index (χ2v) is 3.98. The van der Waals surface area contributed by atoms with Gasteiger partial charge in [-0.05, 0) is 31.2 Å². The van der Waals surface area contributed by atoms with Crippen LogP contribution in [0.5, 0.6) is 5.75 Å². The maximum absolute atomic E-state index is 11.8. The Labute approximate surface area is 104 Å². The van der Waals surface area contributed by atoms with Crippen LogP contribution in [0.2, 0.25) is 0 Å². The van der Waals surface area contributed by atoms with Gasteiger partial charge in [0.25, 0.3) is 5.91 Å². The number of carbonyl (C=O) groups excluding carboxylic acids is 1. The highest BCUT2D eigenvalue weighted by atomic mass is 16.5. The molecule has 0 heterocycles. The summed E-state index contributed by atoms with van der Waals surface area (Å²) >= 11 is 0. The van der Waals surface area contributed by atoms with E-state index in [1.165, 1.54) is 26.2 Å². The van der Waals surface area contributed by atoms with Crippen LogP contribution >= 0.6 is 0 Å². The molecule has 1 aromatic rings. The van der Waals surface area contributed by atoms with E-state index in [0.29, 0.717) is 5.75 Å². The number of aliphatic hydroxyl groups is 1. The minimum atomic E-state index is -1.70. The van der Waals surface area contributed by atoms with Crippen LogP contribution in [-0.4, -0.2) is 41.3 Å². The lowest BCUT2D eigenvalue weighted by atomic mass is 10.0. The van der Waals surface area contributed by atoms with Crippen molar-refractivity contribution in [3.8, 4) is 5.75 Å². The van der Waals surface area contributed by atoms with Gasteiger partial charge in [0.1, 0.15) is 5.75 Å². The summed E-state index contributed by atoms with van der Waals surface area (Å²) in [5, 5.41) is 20.2. The lowest BCUT2D eigenvalue weighted by Gasteiger charge is -2.23. The number of nitrogens with one attached hydrogen (secondary N) is 1. The summed E-state index contributed by atoms with van der Waals surface area (Å²) in [6.45, 7) is 0.543. The standard InChI is InChI=1S/C12H15NO5/c1-12(7-14,11(16)17)13-10(15)8-3-5-9(18-2)6-4-8/h3-6,14H,7H2,1-2H3,(H,13,15)(H,16,17)/t12-/m0/s1. The maximum Gasteiger partial charge on any atom is 0.331 e. The van der Waals surface area contributed by atoms with Gasteiger partial charge < -0.3 is 20.3 Å². The predicted molar refractivity (Wildman–Crippen MR) is 63.6 cm³/mol. The van der Waals surface area contributed by atoms with Crippen molar-refractivity contribution in [2.75, 3.05) is 13.7 Å². The van der Waals surface area contributed by atoms with Gasteiger partial charge >= 0.3 is 5.97 Å². The SMILES string of the molecule is COc1ccc(C(=O)N[C@@](C)(CO)C(=O)O)cc1. The van der Waals surface area contributed by atoms with Crippen molar-refractivity contribution in [2.24, 2.45) is 0 Å². The van der Waals surface area contributed by atoms with E-state index in [-0.39, 0.29) is 5.56 Å². The van der Waals surface area contributed by atoms with E-state index in [1.54, 1.807) is 12.1 Å². The second kappa shape index (κ2) is 5.50. The van der Waals surface area contributed by atoms with Gasteiger partial charge in [-0.1, -0.05) is 0 Å². The smallest absolute Gasteiger partial charge is 0.331 e. The molecule has 1 amide bonds. The van der Waals surface area contributed by atoms with Crippen LogP contribution < -0.4 is 10.1 Å². The Morgan fingerprint density at radius 1 is 1.33 bits per heavy atom. The van der Waals surface area contributed by atoms with E-state index < -0.39 is 24.0 Å². The fourth-order valence-corrected chi connectivity index (χ4v) is 1.23. The number of aliphatic hydroxyl groups excluding tert-OH is 1. The first-order valence-corrected chi connectivity index (χ1v) is 5.24. The minimum Gasteiger partial charge on any atom is -0.497 e. The molecule has 0 saturated carbocycles. The van der Waals surface area contributed by atoms with Gasteiger partial charge in [0.2, 0.25) is 0 Å². The number of ether oxygens (including phenoxy) is 1. The normalized spacial score (nSPS) is 13.5. The molecule has 0 aliphatic rings. The number of methoxy groups -OCH3 is 1. The third-order valence-corrected chi connectivity index (χ3v) is 2.53. The van der Waals surface area contributed by atoms with E-state index >= 15 is 0 Å². The monoisotopic (exact) mass is 253 g/mol. The number of aliphatic carboxylic acids is 1. The number of carboxylic acid groups (broad SMARTS) is 1. The van der Waals surface area contributed by atoms with E-state index in [1.807, 2.05) is 0 Å². The number of amides is 1. The molecule has 0 saturated heterocycles. The summed E-state index contributed by atoms with van der Waals surface area (Å²) in [6, 6.07) is 6.19. The number of carbonyl (C=O) groups is 2. The minimum absolute atomic E-state index is 0.289. The fourth-order valence-electron chi connectivity index (χ4n) is 1.23. The third-order valence-electron chi connectivity index (χ3n) is 2.53. The maximum atomic E-state index is 11.8. The molecule has 0 aliphatic carbocycles. The molecule has 0 aromatic heterocycles. The molecule has 1 atom stereocenters. The first-order valence-electron chi connectivity index (χ1n) is 5.24. The summed E-state index contributed by atoms with van der Waals surface area (Å²) < 4.78 is 4.94. The highest BCUT2D eigenvalue weighted by Crippen LogP contribution is 2.12. The molecule has 6 nitrogen and oxygen atoms in total. The molecule has 1 rings (SSSR count). The molecular weight excluding hydrogens is 238 g/mol. The summed E-state index contributed by atoms with van der Waals surface area (Å²) in [4.78, 5) is 22.7. The predicted octanol–water partition coefficient (Wildman–Crippen LogP) is 0.261. The van der Waals surface area contributed by atoms with Gasteiger partial charge in [-0.25, -0.2) is 4.79 Å². The van der Waals surface area contributed by atoms with Crippen molar-refractivity contribution < 1.29 is 24.5 Å². The van der Waals surface area contributed by atoms with Gasteiger partial charge in [-0.3, -0.25) is 4.79 Å². The molecule has 3 N–H and O–H groups in total. The Morgan fingerprint density at radius 2 is 1.89 bits per heavy atom. The average molecular weight is 253 g/mol. The molecule has 0 unspecified atom stereocenters. The van der Waals surface area contributed by atoms with Gasteiger partial charge in [-0.2, -0.15) is 0 Å². The Bertz CT molecular complexity index is 442. The lowest BCUT2D eigenvalue weighted by molar-refractivity contribution is -0.145. The Kier molecular flexibility index (Phi) is 4.28. The van der Waals surface area contributed by atoms with Crippen LogP contribution in [0.1, 0.15) is 17.3 Å². The molecule has 0 bridgehead atoms.